The van der Waals surface area contributed by atoms with Gasteiger partial charge in [0, 0.05) is 23.6 Å². The molecule has 0 spiro atoms. The summed E-state index contributed by atoms with van der Waals surface area (Å²) >= 11 is 1.72. The lowest BCUT2D eigenvalue weighted by Crippen LogP contribution is -2.49. The van der Waals surface area contributed by atoms with Crippen LogP contribution in [0.25, 0.3) is 0 Å². The number of amides is 1. The van der Waals surface area contributed by atoms with Gasteiger partial charge in [0.25, 0.3) is 5.91 Å². The molecule has 2 aromatic rings. The van der Waals surface area contributed by atoms with Crippen molar-refractivity contribution in [1.29, 1.82) is 0 Å². The van der Waals surface area contributed by atoms with Gasteiger partial charge in [-0.15, -0.1) is 0 Å². The average molecular weight is 444 g/mol. The lowest BCUT2D eigenvalue weighted by Gasteiger charge is -2.35. The molecule has 3 rings (SSSR count). The van der Waals surface area contributed by atoms with Gasteiger partial charge in [-0.25, -0.2) is 0 Å². The summed E-state index contributed by atoms with van der Waals surface area (Å²) in [6, 6.07) is 11.5. The molecule has 1 N–H and O–H groups in total. The summed E-state index contributed by atoms with van der Waals surface area (Å²) in [6.07, 6.45) is 0.584. The fraction of sp³-hybridized carbons (Fsp3) is 0.348. The molecule has 164 valence electrons. The maximum atomic E-state index is 13.4. The van der Waals surface area contributed by atoms with E-state index in [0.717, 1.165) is 5.75 Å². The van der Waals surface area contributed by atoms with Crippen LogP contribution in [0.2, 0.25) is 0 Å². The molecule has 1 aliphatic rings. The van der Waals surface area contributed by atoms with Crippen LogP contribution in [-0.2, 0) is 16.0 Å². The van der Waals surface area contributed by atoms with Crippen molar-refractivity contribution in [2.24, 2.45) is 0 Å². The van der Waals surface area contributed by atoms with Crippen LogP contribution < -0.4 is 4.74 Å². The minimum absolute atomic E-state index is 0.0332. The van der Waals surface area contributed by atoms with Crippen LogP contribution in [0.5, 0.6) is 11.5 Å². The molecule has 0 bridgehead atoms. The number of esters is 1. The lowest BCUT2D eigenvalue weighted by molar-refractivity contribution is -0.142. The molecule has 8 heteroatoms. The predicted octanol–water partition coefficient (Wildman–Crippen LogP) is 2.95. The van der Waals surface area contributed by atoms with Crippen molar-refractivity contribution >= 4 is 29.9 Å². The van der Waals surface area contributed by atoms with Gasteiger partial charge in [-0.05, 0) is 30.7 Å². The molecular weight excluding hydrogens is 418 g/mol. The number of carbonyl (C=O) groups is 3. The van der Waals surface area contributed by atoms with E-state index in [4.69, 9.17) is 9.47 Å². The fourth-order valence-electron chi connectivity index (χ4n) is 3.43. The van der Waals surface area contributed by atoms with E-state index in [9.17, 15) is 19.5 Å². The zero-order valence-corrected chi connectivity index (χ0v) is 18.1. The standard InChI is InChI=1S/C23H25NO6S/c1-2-29-22(27)12-16-6-3-4-7-18(16)23(28)24-10-11-31-15-17(24)14-30-21-9-5-8-20(26)19(21)13-25/h3-9,13,17,26H,2,10-12,14-15H2,1H3. The van der Waals surface area contributed by atoms with Gasteiger partial charge >= 0.3 is 5.97 Å². The van der Waals surface area contributed by atoms with Gasteiger partial charge in [0.15, 0.2) is 6.29 Å². The number of aldehydes is 1. The number of rotatable bonds is 8. The first-order valence-electron chi connectivity index (χ1n) is 10.1. The van der Waals surface area contributed by atoms with E-state index < -0.39 is 0 Å². The molecule has 31 heavy (non-hydrogen) atoms. The number of thioether (sulfide) groups is 1. The van der Waals surface area contributed by atoms with Crippen LogP contribution in [0, 0.1) is 0 Å². The molecule has 1 amide bonds. The fourth-order valence-corrected chi connectivity index (χ4v) is 4.47. The van der Waals surface area contributed by atoms with Crippen molar-refractivity contribution in [3.63, 3.8) is 0 Å². The Morgan fingerprint density at radius 1 is 1.23 bits per heavy atom. The molecule has 0 saturated carbocycles. The normalized spacial score (nSPS) is 15.9. The molecule has 7 nitrogen and oxygen atoms in total. The summed E-state index contributed by atoms with van der Waals surface area (Å²) in [5.74, 6) is 1.07. The highest BCUT2D eigenvalue weighted by molar-refractivity contribution is 7.99. The molecule has 0 aromatic heterocycles. The second kappa shape index (κ2) is 10.9. The van der Waals surface area contributed by atoms with Gasteiger partial charge in [-0.3, -0.25) is 14.4 Å². The van der Waals surface area contributed by atoms with Crippen LogP contribution in [0.4, 0.5) is 0 Å². The van der Waals surface area contributed by atoms with Crippen molar-refractivity contribution in [2.45, 2.75) is 19.4 Å². The maximum absolute atomic E-state index is 13.4. The molecule has 1 saturated heterocycles. The average Bonchev–Trinajstić information content (AvgIpc) is 2.78. The van der Waals surface area contributed by atoms with E-state index in [1.807, 2.05) is 0 Å². The van der Waals surface area contributed by atoms with Crippen LogP contribution in [0.1, 0.15) is 33.2 Å². The third kappa shape index (κ3) is 5.58. The number of phenolic OH excluding ortho intramolecular Hbond substituents is 1. The Hall–Kier alpha value is -3.00. The summed E-state index contributed by atoms with van der Waals surface area (Å²) < 4.78 is 10.8. The first kappa shape index (κ1) is 22.7. The number of carbonyl (C=O) groups excluding carboxylic acids is 3. The van der Waals surface area contributed by atoms with E-state index in [2.05, 4.69) is 0 Å². The molecule has 1 aliphatic heterocycles. The SMILES string of the molecule is CCOC(=O)Cc1ccccc1C(=O)N1CCSCC1COc1cccc(O)c1C=O. The Morgan fingerprint density at radius 3 is 2.81 bits per heavy atom. The molecule has 2 aromatic carbocycles. The minimum atomic E-state index is -0.373. The number of aromatic hydroxyl groups is 1. The van der Waals surface area contributed by atoms with Gasteiger partial charge in [0.05, 0.1) is 24.6 Å². The number of phenols is 1. The highest BCUT2D eigenvalue weighted by Crippen LogP contribution is 2.27. The Bertz CT molecular complexity index is 947. The predicted molar refractivity (Wildman–Crippen MR) is 118 cm³/mol. The summed E-state index contributed by atoms with van der Waals surface area (Å²) in [7, 11) is 0. The number of ether oxygens (including phenoxy) is 2. The number of nitrogens with zero attached hydrogens (tertiary/aromatic N) is 1. The molecule has 1 fully saturated rings. The molecule has 0 radical (unpaired) electrons. The quantitative estimate of drug-likeness (QED) is 0.495. The van der Waals surface area contributed by atoms with Crippen molar-refractivity contribution in [1.82, 2.24) is 4.90 Å². The van der Waals surface area contributed by atoms with E-state index in [1.165, 1.54) is 6.07 Å². The summed E-state index contributed by atoms with van der Waals surface area (Å²) in [5, 5.41) is 9.84. The number of benzene rings is 2. The Kier molecular flexibility index (Phi) is 7.94. The lowest BCUT2D eigenvalue weighted by atomic mass is 10.0. The van der Waals surface area contributed by atoms with Gasteiger partial charge < -0.3 is 19.5 Å². The summed E-state index contributed by atoms with van der Waals surface area (Å²) in [6.45, 7) is 2.76. The smallest absolute Gasteiger partial charge is 0.310 e. The maximum Gasteiger partial charge on any atom is 0.310 e. The molecule has 1 unspecified atom stereocenters. The molecule has 1 heterocycles. The number of hydrogen-bond donors (Lipinski definition) is 1. The topological polar surface area (TPSA) is 93.1 Å². The Labute approximate surface area is 185 Å². The summed E-state index contributed by atoms with van der Waals surface area (Å²) in [5.41, 5.74) is 1.18. The highest BCUT2D eigenvalue weighted by Gasteiger charge is 2.30. The first-order valence-corrected chi connectivity index (χ1v) is 11.2. The van der Waals surface area contributed by atoms with Gasteiger partial charge in [0.2, 0.25) is 0 Å². The third-order valence-electron chi connectivity index (χ3n) is 4.97. The van der Waals surface area contributed by atoms with Gasteiger partial charge in [-0.2, -0.15) is 11.8 Å². The van der Waals surface area contributed by atoms with Crippen molar-refractivity contribution in [3.8, 4) is 11.5 Å². The van der Waals surface area contributed by atoms with Crippen molar-refractivity contribution < 1.29 is 29.0 Å². The van der Waals surface area contributed by atoms with E-state index in [0.29, 0.717) is 29.7 Å². The third-order valence-corrected chi connectivity index (χ3v) is 6.06. The molecular formula is C23H25NO6S. The van der Waals surface area contributed by atoms with E-state index >= 15 is 0 Å². The van der Waals surface area contributed by atoms with Crippen LogP contribution in [0.15, 0.2) is 42.5 Å². The molecule has 1 atom stereocenters. The van der Waals surface area contributed by atoms with E-state index in [1.54, 1.807) is 60.0 Å². The van der Waals surface area contributed by atoms with E-state index in [-0.39, 0.29) is 54.6 Å². The Morgan fingerprint density at radius 2 is 2.03 bits per heavy atom. The summed E-state index contributed by atoms with van der Waals surface area (Å²) in [4.78, 5) is 38.4. The Balaban J connectivity index is 1.77. The number of hydrogen-bond acceptors (Lipinski definition) is 7. The minimum Gasteiger partial charge on any atom is -0.507 e. The second-order valence-electron chi connectivity index (χ2n) is 6.98. The van der Waals surface area contributed by atoms with Crippen molar-refractivity contribution in [2.75, 3.05) is 31.3 Å². The van der Waals surface area contributed by atoms with Gasteiger partial charge in [-0.1, -0.05) is 24.3 Å². The van der Waals surface area contributed by atoms with Crippen molar-refractivity contribution in [3.05, 3.63) is 59.2 Å². The van der Waals surface area contributed by atoms with Gasteiger partial charge in [0.1, 0.15) is 18.1 Å². The second-order valence-corrected chi connectivity index (χ2v) is 8.13. The zero-order valence-electron chi connectivity index (χ0n) is 17.3. The zero-order chi connectivity index (χ0) is 22.2. The molecule has 0 aliphatic carbocycles. The van der Waals surface area contributed by atoms with Crippen LogP contribution in [-0.4, -0.2) is 65.5 Å². The van der Waals surface area contributed by atoms with Crippen LogP contribution in [0.3, 0.4) is 0 Å². The highest BCUT2D eigenvalue weighted by atomic mass is 32.2. The largest absolute Gasteiger partial charge is 0.507 e. The van der Waals surface area contributed by atoms with Crippen LogP contribution >= 0.6 is 11.8 Å². The first-order chi connectivity index (χ1) is 15.0. The monoisotopic (exact) mass is 443 g/mol.